The lowest BCUT2D eigenvalue weighted by molar-refractivity contribution is 0.0625. The molecule has 0 radical (unpaired) electrons. The van der Waals surface area contributed by atoms with Crippen molar-refractivity contribution in [3.8, 4) is 11.1 Å². The molecule has 0 saturated carbocycles. The molecule has 1 atom stereocenters. The average molecular weight is 471 g/mol. The van der Waals surface area contributed by atoms with E-state index in [9.17, 15) is 9.18 Å². The Balaban J connectivity index is 1.70. The lowest BCUT2D eigenvalue weighted by atomic mass is 9.86. The monoisotopic (exact) mass is 470 g/mol. The van der Waals surface area contributed by atoms with Crippen molar-refractivity contribution in [2.24, 2.45) is 0 Å². The van der Waals surface area contributed by atoms with Crippen molar-refractivity contribution in [2.75, 3.05) is 5.73 Å². The smallest absolute Gasteiger partial charge is 0.258 e. The van der Waals surface area contributed by atoms with Crippen molar-refractivity contribution in [3.05, 3.63) is 112 Å². The largest absolute Gasteiger partial charge is 0.368 e. The van der Waals surface area contributed by atoms with Gasteiger partial charge in [0.2, 0.25) is 5.95 Å². The van der Waals surface area contributed by atoms with Gasteiger partial charge in [0.1, 0.15) is 11.6 Å². The molecule has 35 heavy (non-hydrogen) atoms. The van der Waals surface area contributed by atoms with E-state index < -0.39 is 17.7 Å². The van der Waals surface area contributed by atoms with Gasteiger partial charge in [-0.05, 0) is 54.3 Å². The number of halogens is 2. The highest BCUT2D eigenvalue weighted by atomic mass is 19.1. The molecule has 5 nitrogen and oxygen atoms in total. The van der Waals surface area contributed by atoms with Crippen LogP contribution in [0.5, 0.6) is 0 Å². The topological polar surface area (TPSA) is 72.1 Å². The summed E-state index contributed by atoms with van der Waals surface area (Å²) in [6.45, 7) is 3.85. The predicted molar refractivity (Wildman–Crippen MR) is 130 cm³/mol. The van der Waals surface area contributed by atoms with E-state index in [4.69, 9.17) is 5.73 Å². The molecule has 2 heterocycles. The summed E-state index contributed by atoms with van der Waals surface area (Å²) in [7, 11) is 0. The van der Waals surface area contributed by atoms with E-state index in [0.717, 1.165) is 11.1 Å². The molecule has 5 rings (SSSR count). The maximum absolute atomic E-state index is 15.0. The summed E-state index contributed by atoms with van der Waals surface area (Å²) >= 11 is 0. The summed E-state index contributed by atoms with van der Waals surface area (Å²) in [5.41, 5.74) is 10.4. The number of carbonyl (C=O) groups excluding carboxylic acids is 1. The Labute approximate surface area is 202 Å². The lowest BCUT2D eigenvalue weighted by Gasteiger charge is -2.38. The Bertz CT molecular complexity index is 1440. The number of nitrogens with zero attached hydrogens (tertiary/aromatic N) is 3. The summed E-state index contributed by atoms with van der Waals surface area (Å²) in [4.78, 5) is 24.1. The summed E-state index contributed by atoms with van der Waals surface area (Å²) in [5, 5.41) is 0. The van der Waals surface area contributed by atoms with Crippen molar-refractivity contribution >= 4 is 11.9 Å². The summed E-state index contributed by atoms with van der Waals surface area (Å²) in [6, 6.07) is 18.2. The van der Waals surface area contributed by atoms with Crippen molar-refractivity contribution in [1.29, 1.82) is 0 Å². The molecule has 0 spiro atoms. The van der Waals surface area contributed by atoms with Gasteiger partial charge < -0.3 is 10.6 Å². The summed E-state index contributed by atoms with van der Waals surface area (Å²) in [5.74, 6) is -1.08. The number of anilines is 1. The van der Waals surface area contributed by atoms with Crippen molar-refractivity contribution in [3.63, 3.8) is 0 Å². The summed E-state index contributed by atoms with van der Waals surface area (Å²) in [6.07, 6.45) is 0.341. The number of amides is 1. The van der Waals surface area contributed by atoms with Gasteiger partial charge in [-0.25, -0.2) is 18.7 Å². The van der Waals surface area contributed by atoms with Crippen LogP contribution in [0.2, 0.25) is 0 Å². The van der Waals surface area contributed by atoms with Gasteiger partial charge in [-0.2, -0.15) is 0 Å². The van der Waals surface area contributed by atoms with Crippen LogP contribution in [-0.2, 0) is 13.0 Å². The van der Waals surface area contributed by atoms with Crippen LogP contribution < -0.4 is 5.73 Å². The van der Waals surface area contributed by atoms with Crippen LogP contribution in [0.25, 0.3) is 11.1 Å². The molecule has 0 bridgehead atoms. The highest BCUT2D eigenvalue weighted by molar-refractivity contribution is 5.98. The first-order valence-electron chi connectivity index (χ1n) is 11.4. The molecule has 3 aromatic carbocycles. The Hall–Kier alpha value is -4.13. The van der Waals surface area contributed by atoms with E-state index in [1.807, 2.05) is 30.3 Å². The predicted octanol–water partition coefficient (Wildman–Crippen LogP) is 5.56. The Kier molecular flexibility index (Phi) is 5.76. The number of aromatic nitrogens is 2. The Morgan fingerprint density at radius 1 is 0.971 bits per heavy atom. The maximum atomic E-state index is 15.0. The van der Waals surface area contributed by atoms with Gasteiger partial charge in [-0.1, -0.05) is 48.5 Å². The van der Waals surface area contributed by atoms with Crippen molar-refractivity contribution in [1.82, 2.24) is 14.9 Å². The van der Waals surface area contributed by atoms with E-state index >= 15 is 4.39 Å². The molecule has 4 aromatic rings. The number of hydrogen-bond acceptors (Lipinski definition) is 4. The quantitative estimate of drug-likeness (QED) is 0.424. The van der Waals surface area contributed by atoms with Crippen LogP contribution in [0.1, 0.15) is 44.5 Å². The van der Waals surface area contributed by atoms with Gasteiger partial charge in [0, 0.05) is 18.5 Å². The van der Waals surface area contributed by atoms with E-state index in [-0.39, 0.29) is 17.4 Å². The third-order valence-corrected chi connectivity index (χ3v) is 6.40. The number of hydrogen-bond donors (Lipinski definition) is 1. The van der Waals surface area contributed by atoms with E-state index in [1.54, 1.807) is 36.9 Å². The lowest BCUT2D eigenvalue weighted by Crippen LogP contribution is -2.41. The van der Waals surface area contributed by atoms with Gasteiger partial charge in [0.05, 0.1) is 23.0 Å². The fourth-order valence-corrected chi connectivity index (χ4v) is 4.79. The third-order valence-electron chi connectivity index (χ3n) is 6.40. The molecule has 0 saturated heterocycles. The molecular weight excluding hydrogens is 446 g/mol. The molecule has 1 amide bonds. The minimum atomic E-state index is -0.514. The molecule has 0 unspecified atom stereocenters. The number of aryl methyl sites for hydroxylation is 2. The first-order chi connectivity index (χ1) is 16.8. The fourth-order valence-electron chi connectivity index (χ4n) is 4.79. The minimum absolute atomic E-state index is 0.0909. The molecule has 1 aromatic heterocycles. The van der Waals surface area contributed by atoms with Gasteiger partial charge >= 0.3 is 0 Å². The zero-order valence-electron chi connectivity index (χ0n) is 19.4. The van der Waals surface area contributed by atoms with Crippen LogP contribution in [0.4, 0.5) is 14.7 Å². The van der Waals surface area contributed by atoms with E-state index in [2.05, 4.69) is 9.97 Å². The molecule has 0 fully saturated rings. The first kappa shape index (κ1) is 22.7. The van der Waals surface area contributed by atoms with Crippen LogP contribution in [0, 0.1) is 25.5 Å². The number of nitrogens with two attached hydrogens (primary N) is 1. The standard InChI is InChI=1S/C28H24F2N4O/c1-16-8-10-20(23(30)12-16)22-13-19(29)9-11-21(22)25-14-24-26(17(2)32-28(31)33-24)27(35)34(25)15-18-6-4-3-5-7-18/h3-13,25H,14-15H2,1-2H3,(H2,31,32,33)/t25-/m1/s1. The number of rotatable bonds is 4. The molecule has 1 aliphatic heterocycles. The summed E-state index contributed by atoms with van der Waals surface area (Å²) < 4.78 is 29.5. The van der Waals surface area contributed by atoms with Gasteiger partial charge in [-0.3, -0.25) is 4.79 Å². The van der Waals surface area contributed by atoms with Gasteiger partial charge in [0.25, 0.3) is 5.91 Å². The maximum Gasteiger partial charge on any atom is 0.258 e. The second-order valence-electron chi connectivity index (χ2n) is 8.84. The van der Waals surface area contributed by atoms with Crippen LogP contribution in [-0.4, -0.2) is 20.8 Å². The average Bonchev–Trinajstić information content (AvgIpc) is 2.81. The SMILES string of the molecule is Cc1ccc(-c2cc(F)ccc2[C@H]2Cc3nc(N)nc(C)c3C(=O)N2Cc2ccccc2)c(F)c1. The highest BCUT2D eigenvalue weighted by Crippen LogP contribution is 2.40. The first-order valence-corrected chi connectivity index (χ1v) is 11.4. The van der Waals surface area contributed by atoms with Gasteiger partial charge in [0.15, 0.2) is 0 Å². The third kappa shape index (κ3) is 4.25. The van der Waals surface area contributed by atoms with E-state index in [1.165, 1.54) is 18.2 Å². The zero-order valence-corrected chi connectivity index (χ0v) is 19.4. The van der Waals surface area contributed by atoms with Crippen molar-refractivity contribution < 1.29 is 13.6 Å². The number of nitrogen functional groups attached to an aromatic ring is 1. The molecular formula is C28H24F2N4O. The van der Waals surface area contributed by atoms with Gasteiger partial charge in [-0.15, -0.1) is 0 Å². The second-order valence-corrected chi connectivity index (χ2v) is 8.84. The Morgan fingerprint density at radius 3 is 2.49 bits per heavy atom. The van der Waals surface area contributed by atoms with Crippen LogP contribution in [0.15, 0.2) is 66.7 Å². The fraction of sp³-hybridized carbons (Fsp3) is 0.179. The molecule has 176 valence electrons. The van der Waals surface area contributed by atoms with Crippen LogP contribution >= 0.6 is 0 Å². The van der Waals surface area contributed by atoms with E-state index in [0.29, 0.717) is 41.0 Å². The normalized spacial score (nSPS) is 15.3. The Morgan fingerprint density at radius 2 is 1.74 bits per heavy atom. The van der Waals surface area contributed by atoms with Crippen LogP contribution in [0.3, 0.4) is 0 Å². The molecule has 0 aliphatic carbocycles. The number of benzene rings is 3. The molecule has 2 N–H and O–H groups in total. The molecule has 1 aliphatic rings. The second kappa shape index (κ2) is 8.91. The van der Waals surface area contributed by atoms with Crippen molar-refractivity contribution in [2.45, 2.75) is 32.9 Å². The molecule has 7 heteroatoms. The minimum Gasteiger partial charge on any atom is -0.368 e. The number of carbonyl (C=O) groups is 1. The number of fused-ring (bicyclic) bond motifs is 1. The zero-order chi connectivity index (χ0) is 24.7. The highest BCUT2D eigenvalue weighted by Gasteiger charge is 2.37.